The maximum absolute atomic E-state index is 13.6. The lowest BCUT2D eigenvalue weighted by Gasteiger charge is -2.27. The molecule has 0 aliphatic carbocycles. The number of sulfonamides is 1. The monoisotopic (exact) mass is 394 g/mol. The quantitative estimate of drug-likeness (QED) is 0.755. The van der Waals surface area contributed by atoms with Gasteiger partial charge >= 0.3 is 12.1 Å². The molecule has 1 aromatic carbocycles. The van der Waals surface area contributed by atoms with Crippen LogP contribution in [-0.4, -0.2) is 43.1 Å². The SMILES string of the molecule is CCOC(=O)C(O)(c1cn(C)c2c(NS(C)(=O)=O)cccc12)C(F)(F)F. The summed E-state index contributed by atoms with van der Waals surface area (Å²) in [6, 6.07) is 3.90. The molecule has 0 aliphatic rings. The largest absolute Gasteiger partial charge is 0.463 e. The zero-order chi connectivity index (χ0) is 19.9. The van der Waals surface area contributed by atoms with Gasteiger partial charge in [-0.3, -0.25) is 4.72 Å². The summed E-state index contributed by atoms with van der Waals surface area (Å²) >= 11 is 0. The minimum Gasteiger partial charge on any atom is -0.463 e. The van der Waals surface area contributed by atoms with Crippen LogP contribution < -0.4 is 4.72 Å². The number of nitrogens with one attached hydrogen (secondary N) is 1. The highest BCUT2D eigenvalue weighted by Gasteiger charge is 2.63. The molecule has 1 unspecified atom stereocenters. The Balaban J connectivity index is 2.81. The van der Waals surface area contributed by atoms with Gasteiger partial charge in [0.1, 0.15) is 0 Å². The number of carbonyl (C=O) groups is 1. The fraction of sp³-hybridized carbons (Fsp3) is 0.400. The summed E-state index contributed by atoms with van der Waals surface area (Å²) in [6.07, 6.45) is -3.54. The maximum Gasteiger partial charge on any atom is 0.432 e. The van der Waals surface area contributed by atoms with E-state index in [4.69, 9.17) is 0 Å². The summed E-state index contributed by atoms with van der Waals surface area (Å²) in [7, 11) is -2.34. The smallest absolute Gasteiger partial charge is 0.432 e. The lowest BCUT2D eigenvalue weighted by molar-refractivity contribution is -0.267. The van der Waals surface area contributed by atoms with Gasteiger partial charge in [-0.25, -0.2) is 13.2 Å². The lowest BCUT2D eigenvalue weighted by Crippen LogP contribution is -2.50. The van der Waals surface area contributed by atoms with Crippen LogP contribution >= 0.6 is 0 Å². The number of hydrogen-bond acceptors (Lipinski definition) is 5. The number of anilines is 1. The number of halogens is 3. The maximum atomic E-state index is 13.6. The Morgan fingerprint density at radius 2 is 1.96 bits per heavy atom. The van der Waals surface area contributed by atoms with Gasteiger partial charge in [-0.1, -0.05) is 12.1 Å². The second kappa shape index (κ2) is 6.47. The number of hydrogen-bond donors (Lipinski definition) is 2. The standard InChI is InChI=1S/C15H17F3N2O5S/c1-4-25-13(21)14(22,15(16,17)18)10-8-20(2)12-9(10)6-5-7-11(12)19-26(3,23)24/h5-8,19,22H,4H2,1-3H3. The Morgan fingerprint density at radius 3 is 2.46 bits per heavy atom. The molecule has 7 nitrogen and oxygen atoms in total. The van der Waals surface area contributed by atoms with Crippen molar-refractivity contribution in [3.05, 3.63) is 30.0 Å². The number of alkyl halides is 3. The molecule has 2 aromatic rings. The van der Waals surface area contributed by atoms with Gasteiger partial charge in [0.05, 0.1) is 24.1 Å². The van der Waals surface area contributed by atoms with E-state index >= 15 is 0 Å². The number of esters is 1. The van der Waals surface area contributed by atoms with E-state index in [9.17, 15) is 31.5 Å². The highest BCUT2D eigenvalue weighted by atomic mass is 32.2. The highest BCUT2D eigenvalue weighted by molar-refractivity contribution is 7.92. The number of nitrogens with zero attached hydrogens (tertiary/aromatic N) is 1. The van der Waals surface area contributed by atoms with Crippen molar-refractivity contribution in [1.82, 2.24) is 4.57 Å². The molecular formula is C15H17F3N2O5S. The van der Waals surface area contributed by atoms with Crippen LogP contribution in [0.1, 0.15) is 12.5 Å². The summed E-state index contributed by atoms with van der Waals surface area (Å²) in [6.45, 7) is 0.953. The molecule has 1 aromatic heterocycles. The van der Waals surface area contributed by atoms with Crippen LogP contribution in [0.3, 0.4) is 0 Å². The van der Waals surface area contributed by atoms with Crippen LogP contribution in [0.5, 0.6) is 0 Å². The zero-order valence-corrected chi connectivity index (χ0v) is 14.9. The summed E-state index contributed by atoms with van der Waals surface area (Å²) in [4.78, 5) is 12.0. The van der Waals surface area contributed by atoms with E-state index < -0.39 is 33.3 Å². The van der Waals surface area contributed by atoms with E-state index in [2.05, 4.69) is 9.46 Å². The Labute approximate surface area is 147 Å². The van der Waals surface area contributed by atoms with Crippen LogP contribution in [-0.2, 0) is 32.2 Å². The van der Waals surface area contributed by atoms with Gasteiger partial charge in [0.15, 0.2) is 0 Å². The van der Waals surface area contributed by atoms with Crippen molar-refractivity contribution in [3.8, 4) is 0 Å². The first kappa shape index (κ1) is 20.0. The van der Waals surface area contributed by atoms with Gasteiger partial charge in [-0.15, -0.1) is 0 Å². The number of rotatable bonds is 5. The molecule has 11 heteroatoms. The third-order valence-corrected chi connectivity index (χ3v) is 4.26. The molecule has 1 heterocycles. The number of aliphatic hydroxyl groups is 1. The fourth-order valence-electron chi connectivity index (χ4n) is 2.65. The average Bonchev–Trinajstić information content (AvgIpc) is 2.82. The summed E-state index contributed by atoms with van der Waals surface area (Å²) < 4.78 is 71.6. The van der Waals surface area contributed by atoms with Gasteiger partial charge in [-0.2, -0.15) is 13.2 Å². The van der Waals surface area contributed by atoms with E-state index in [1.165, 1.54) is 36.7 Å². The van der Waals surface area contributed by atoms with E-state index in [0.717, 1.165) is 12.5 Å². The van der Waals surface area contributed by atoms with Gasteiger partial charge in [0.25, 0.3) is 5.60 Å². The number of aromatic nitrogens is 1. The molecule has 2 rings (SSSR count). The summed E-state index contributed by atoms with van der Waals surface area (Å²) in [5.74, 6) is -1.86. The summed E-state index contributed by atoms with van der Waals surface area (Å²) in [5, 5.41) is 10.2. The van der Waals surface area contributed by atoms with Crippen molar-refractivity contribution in [2.24, 2.45) is 7.05 Å². The van der Waals surface area contributed by atoms with Crippen molar-refractivity contribution in [2.75, 3.05) is 17.6 Å². The molecule has 0 aliphatic heterocycles. The molecule has 26 heavy (non-hydrogen) atoms. The highest BCUT2D eigenvalue weighted by Crippen LogP contribution is 2.44. The second-order valence-electron chi connectivity index (χ2n) is 5.66. The minimum atomic E-state index is -5.35. The van der Waals surface area contributed by atoms with Crippen LogP contribution in [0.25, 0.3) is 10.9 Å². The molecule has 0 spiro atoms. The molecule has 0 bridgehead atoms. The molecule has 0 saturated carbocycles. The van der Waals surface area contributed by atoms with Crippen molar-refractivity contribution in [1.29, 1.82) is 0 Å². The van der Waals surface area contributed by atoms with E-state index in [1.54, 1.807) is 0 Å². The molecule has 0 amide bonds. The van der Waals surface area contributed by atoms with Gasteiger partial charge in [-0.05, 0) is 13.0 Å². The Hall–Kier alpha value is -2.27. The van der Waals surface area contributed by atoms with Gasteiger partial charge in [0.2, 0.25) is 10.0 Å². The van der Waals surface area contributed by atoms with E-state index in [1.807, 2.05) is 0 Å². The predicted molar refractivity (Wildman–Crippen MR) is 88.0 cm³/mol. The van der Waals surface area contributed by atoms with Crippen molar-refractivity contribution in [3.63, 3.8) is 0 Å². The molecule has 0 fully saturated rings. The third kappa shape index (κ3) is 3.36. The topological polar surface area (TPSA) is 97.6 Å². The predicted octanol–water partition coefficient (Wildman–Crippen LogP) is 1.86. The van der Waals surface area contributed by atoms with Gasteiger partial charge < -0.3 is 14.4 Å². The van der Waals surface area contributed by atoms with E-state index in [0.29, 0.717) is 0 Å². The molecule has 144 valence electrons. The minimum absolute atomic E-state index is 0.00660. The molecule has 1 atom stereocenters. The Morgan fingerprint density at radius 1 is 1.35 bits per heavy atom. The number of benzene rings is 1. The molecular weight excluding hydrogens is 377 g/mol. The van der Waals surface area contributed by atoms with Crippen LogP contribution in [0, 0.1) is 0 Å². The molecule has 0 radical (unpaired) electrons. The normalized spacial score (nSPS) is 14.9. The average molecular weight is 394 g/mol. The number of para-hydroxylation sites is 1. The van der Waals surface area contributed by atoms with Crippen LogP contribution in [0.4, 0.5) is 18.9 Å². The molecule has 2 N–H and O–H groups in total. The Kier molecular flexibility index (Phi) is 4.99. The fourth-order valence-corrected chi connectivity index (χ4v) is 3.22. The number of ether oxygens (including phenoxy) is 1. The van der Waals surface area contributed by atoms with Crippen LogP contribution in [0.2, 0.25) is 0 Å². The van der Waals surface area contributed by atoms with E-state index in [-0.39, 0.29) is 23.2 Å². The third-order valence-electron chi connectivity index (χ3n) is 3.67. The zero-order valence-electron chi connectivity index (χ0n) is 14.1. The van der Waals surface area contributed by atoms with Crippen molar-refractivity contribution in [2.45, 2.75) is 18.7 Å². The first-order valence-corrected chi connectivity index (χ1v) is 9.24. The number of aryl methyl sites for hydroxylation is 1. The lowest BCUT2D eigenvalue weighted by atomic mass is 9.92. The van der Waals surface area contributed by atoms with Gasteiger partial charge in [0, 0.05) is 24.2 Å². The van der Waals surface area contributed by atoms with Crippen molar-refractivity contribution >= 4 is 32.6 Å². The van der Waals surface area contributed by atoms with Crippen LogP contribution in [0.15, 0.2) is 24.4 Å². The van der Waals surface area contributed by atoms with Crippen molar-refractivity contribution < 1.29 is 36.2 Å². The first-order chi connectivity index (χ1) is 11.8. The number of carbonyl (C=O) groups excluding carboxylic acids is 1. The molecule has 0 saturated heterocycles. The summed E-state index contributed by atoms with van der Waals surface area (Å²) in [5.41, 5.74) is -4.57. The first-order valence-electron chi connectivity index (χ1n) is 7.35. The number of fused-ring (bicyclic) bond motifs is 1. The second-order valence-corrected chi connectivity index (χ2v) is 7.41. The Bertz CT molecular complexity index is 952.